The molecule has 1 heterocycles. The highest BCUT2D eigenvalue weighted by molar-refractivity contribution is 14.0. The molecule has 1 aromatic heterocycles. The summed E-state index contributed by atoms with van der Waals surface area (Å²) in [6.45, 7) is 13.1. The normalized spacial score (nSPS) is 23.6. The first-order valence-electron chi connectivity index (χ1n) is 9.90. The van der Waals surface area contributed by atoms with E-state index in [1.54, 1.807) is 11.3 Å². The van der Waals surface area contributed by atoms with Crippen LogP contribution in [0.1, 0.15) is 71.0 Å². The zero-order valence-corrected chi connectivity index (χ0v) is 20.6. The van der Waals surface area contributed by atoms with Gasteiger partial charge in [-0.2, -0.15) is 0 Å². The maximum absolute atomic E-state index is 10.3. The summed E-state index contributed by atoms with van der Waals surface area (Å²) < 4.78 is 0. The zero-order chi connectivity index (χ0) is 19.2. The van der Waals surface area contributed by atoms with Crippen LogP contribution >= 0.6 is 35.3 Å². The maximum atomic E-state index is 10.3. The lowest BCUT2D eigenvalue weighted by atomic mass is 9.73. The van der Waals surface area contributed by atoms with Gasteiger partial charge in [0.25, 0.3) is 0 Å². The molecule has 7 heteroatoms. The second-order valence-corrected chi connectivity index (χ2v) is 9.61. The molecule has 2 unspecified atom stereocenters. The Hall–Kier alpha value is -0.410. The average Bonchev–Trinajstić information content (AvgIpc) is 3.05. The first-order chi connectivity index (χ1) is 12.2. The molecule has 27 heavy (non-hydrogen) atoms. The molecule has 5 nitrogen and oxygen atoms in total. The molecular formula is C20H37IN4OS. The molecule has 0 radical (unpaired) electrons. The molecule has 0 aromatic carbocycles. The van der Waals surface area contributed by atoms with Crippen LogP contribution in [0.5, 0.6) is 0 Å². The quantitative estimate of drug-likeness (QED) is 0.308. The van der Waals surface area contributed by atoms with E-state index in [1.165, 1.54) is 6.42 Å². The fourth-order valence-electron chi connectivity index (χ4n) is 3.23. The number of aromatic nitrogens is 1. The Balaban J connectivity index is 0.00000364. The summed E-state index contributed by atoms with van der Waals surface area (Å²) in [5.74, 6) is 0.832. The van der Waals surface area contributed by atoms with Gasteiger partial charge in [-0.1, -0.05) is 40.5 Å². The molecule has 0 aliphatic heterocycles. The first kappa shape index (κ1) is 24.6. The second kappa shape index (κ2) is 11.0. The summed E-state index contributed by atoms with van der Waals surface area (Å²) in [4.78, 5) is 9.50. The number of nitrogens with one attached hydrogen (secondary N) is 2. The van der Waals surface area contributed by atoms with E-state index >= 15 is 0 Å². The number of thiazole rings is 1. The average molecular weight is 509 g/mol. The van der Waals surface area contributed by atoms with E-state index in [1.807, 2.05) is 0 Å². The Morgan fingerprint density at radius 3 is 2.70 bits per heavy atom. The number of hydrogen-bond donors (Lipinski definition) is 3. The van der Waals surface area contributed by atoms with Crippen molar-refractivity contribution in [3.05, 3.63) is 16.1 Å². The lowest BCUT2D eigenvalue weighted by molar-refractivity contribution is 0.00716. The number of aliphatic hydroxyl groups is 1. The van der Waals surface area contributed by atoms with Gasteiger partial charge in [0.1, 0.15) is 0 Å². The van der Waals surface area contributed by atoms with Crippen molar-refractivity contribution in [2.75, 3.05) is 19.6 Å². The first-order valence-corrected chi connectivity index (χ1v) is 10.8. The molecule has 0 amide bonds. The fraction of sp³-hybridized carbons (Fsp3) is 0.800. The van der Waals surface area contributed by atoms with Gasteiger partial charge in [0.2, 0.25) is 0 Å². The highest BCUT2D eigenvalue weighted by Crippen LogP contribution is 2.36. The molecular weight excluding hydrogens is 471 g/mol. The van der Waals surface area contributed by atoms with Gasteiger partial charge >= 0.3 is 0 Å². The van der Waals surface area contributed by atoms with Crippen molar-refractivity contribution in [3.8, 4) is 0 Å². The lowest BCUT2D eigenvalue weighted by Crippen LogP contribution is -2.42. The van der Waals surface area contributed by atoms with Crippen LogP contribution in [0, 0.1) is 5.41 Å². The van der Waals surface area contributed by atoms with E-state index in [0.29, 0.717) is 6.54 Å². The Morgan fingerprint density at radius 2 is 2.11 bits per heavy atom. The van der Waals surface area contributed by atoms with Gasteiger partial charge in [-0.15, -0.1) is 35.3 Å². The van der Waals surface area contributed by atoms with Crippen molar-refractivity contribution in [2.24, 2.45) is 10.4 Å². The van der Waals surface area contributed by atoms with Crippen LogP contribution in [0.4, 0.5) is 0 Å². The van der Waals surface area contributed by atoms with Gasteiger partial charge in [0, 0.05) is 35.7 Å². The SMILES string of the molecule is CCNC(=NCC1(C)CCCCC1O)NCCc1nc(C(C)(C)C)cs1.I. The fourth-order valence-corrected chi connectivity index (χ4v) is 4.25. The van der Waals surface area contributed by atoms with Crippen molar-refractivity contribution in [1.29, 1.82) is 0 Å². The monoisotopic (exact) mass is 508 g/mol. The van der Waals surface area contributed by atoms with Crippen LogP contribution in [0.2, 0.25) is 0 Å². The van der Waals surface area contributed by atoms with Crippen LogP contribution in [0.15, 0.2) is 10.4 Å². The third-order valence-corrected chi connectivity index (χ3v) is 6.08. The van der Waals surface area contributed by atoms with Crippen LogP contribution in [-0.2, 0) is 11.8 Å². The number of guanidine groups is 1. The Bertz CT molecular complexity index is 599. The Morgan fingerprint density at radius 1 is 1.37 bits per heavy atom. The predicted octanol–water partition coefficient (Wildman–Crippen LogP) is 4.10. The number of nitrogens with zero attached hydrogens (tertiary/aromatic N) is 2. The molecule has 1 fully saturated rings. The van der Waals surface area contributed by atoms with Crippen LogP contribution in [0.3, 0.4) is 0 Å². The number of rotatable bonds is 6. The topological polar surface area (TPSA) is 69.5 Å². The summed E-state index contributed by atoms with van der Waals surface area (Å²) in [7, 11) is 0. The minimum atomic E-state index is -0.242. The maximum Gasteiger partial charge on any atom is 0.191 e. The van der Waals surface area contributed by atoms with Crippen LogP contribution in [0.25, 0.3) is 0 Å². The summed E-state index contributed by atoms with van der Waals surface area (Å²) >= 11 is 1.73. The van der Waals surface area contributed by atoms with Gasteiger partial charge in [0.15, 0.2) is 5.96 Å². The third kappa shape index (κ3) is 7.49. The number of halogens is 1. The van der Waals surface area contributed by atoms with Gasteiger partial charge in [-0.05, 0) is 19.8 Å². The van der Waals surface area contributed by atoms with Gasteiger partial charge in [0.05, 0.1) is 23.4 Å². The highest BCUT2D eigenvalue weighted by Gasteiger charge is 2.35. The molecule has 2 rings (SSSR count). The zero-order valence-electron chi connectivity index (χ0n) is 17.5. The molecule has 1 aliphatic carbocycles. The largest absolute Gasteiger partial charge is 0.392 e. The number of aliphatic hydroxyl groups excluding tert-OH is 1. The summed E-state index contributed by atoms with van der Waals surface area (Å²) in [5, 5.41) is 20.4. The minimum Gasteiger partial charge on any atom is -0.392 e. The summed E-state index contributed by atoms with van der Waals surface area (Å²) in [6, 6.07) is 0. The van der Waals surface area contributed by atoms with Crippen molar-refractivity contribution < 1.29 is 5.11 Å². The van der Waals surface area contributed by atoms with Gasteiger partial charge in [-0.3, -0.25) is 4.99 Å². The second-order valence-electron chi connectivity index (χ2n) is 8.66. The van der Waals surface area contributed by atoms with Crippen LogP contribution < -0.4 is 10.6 Å². The van der Waals surface area contributed by atoms with E-state index in [4.69, 9.17) is 9.98 Å². The smallest absolute Gasteiger partial charge is 0.191 e. The molecule has 0 saturated heterocycles. The highest BCUT2D eigenvalue weighted by atomic mass is 127. The molecule has 0 spiro atoms. The lowest BCUT2D eigenvalue weighted by Gasteiger charge is -2.37. The predicted molar refractivity (Wildman–Crippen MR) is 126 cm³/mol. The van der Waals surface area contributed by atoms with E-state index in [0.717, 1.165) is 55.4 Å². The number of aliphatic imine (C=N–C) groups is 1. The molecule has 156 valence electrons. The Labute approximate surface area is 185 Å². The third-order valence-electron chi connectivity index (χ3n) is 5.17. The van der Waals surface area contributed by atoms with Gasteiger partial charge in [-0.25, -0.2) is 4.98 Å². The van der Waals surface area contributed by atoms with Gasteiger partial charge < -0.3 is 15.7 Å². The minimum absolute atomic E-state index is 0. The van der Waals surface area contributed by atoms with E-state index in [-0.39, 0.29) is 40.9 Å². The van der Waals surface area contributed by atoms with E-state index in [9.17, 15) is 5.11 Å². The van der Waals surface area contributed by atoms with Crippen molar-refractivity contribution in [1.82, 2.24) is 15.6 Å². The van der Waals surface area contributed by atoms with Crippen molar-refractivity contribution in [2.45, 2.75) is 78.2 Å². The molecule has 1 saturated carbocycles. The standard InChI is InChI=1S/C20H36N4OS.HI/c1-6-21-18(23-14-20(5)11-8-7-9-16(20)25)22-12-10-17-24-15(13-26-17)19(2,3)4;/h13,16,25H,6-12,14H2,1-5H3,(H2,21,22,23);1H. The molecule has 2 atom stereocenters. The molecule has 1 aliphatic rings. The summed E-state index contributed by atoms with van der Waals surface area (Å²) in [6.07, 6.45) is 4.91. The van der Waals surface area contributed by atoms with E-state index in [2.05, 4.69) is 50.6 Å². The van der Waals surface area contributed by atoms with Crippen molar-refractivity contribution >= 4 is 41.3 Å². The molecule has 3 N–H and O–H groups in total. The summed E-state index contributed by atoms with van der Waals surface area (Å²) in [5.41, 5.74) is 1.17. The number of hydrogen-bond acceptors (Lipinski definition) is 4. The van der Waals surface area contributed by atoms with Crippen molar-refractivity contribution in [3.63, 3.8) is 0 Å². The van der Waals surface area contributed by atoms with E-state index < -0.39 is 0 Å². The van der Waals surface area contributed by atoms with Crippen LogP contribution in [-0.4, -0.2) is 41.8 Å². The molecule has 0 bridgehead atoms. The molecule has 1 aromatic rings. The Kier molecular flexibility index (Phi) is 9.99.